The second-order valence-electron chi connectivity index (χ2n) is 6.20. The number of nitrogens with one attached hydrogen (secondary N) is 2. The van der Waals surface area contributed by atoms with Crippen LogP contribution in [-0.2, 0) is 12.7 Å². The minimum absolute atomic E-state index is 0.000437. The summed E-state index contributed by atoms with van der Waals surface area (Å²) in [6.07, 6.45) is -0.651. The molecule has 0 unspecified atom stereocenters. The third-order valence-corrected chi connectivity index (χ3v) is 4.15. The number of pyridine rings is 1. The lowest BCUT2D eigenvalue weighted by Gasteiger charge is -2.15. The lowest BCUT2D eigenvalue weighted by molar-refractivity contribution is -0.138. The minimum atomic E-state index is -4.40. The molecule has 1 aliphatic carbocycles. The van der Waals surface area contributed by atoms with E-state index in [-0.39, 0.29) is 12.1 Å². The van der Waals surface area contributed by atoms with Gasteiger partial charge >= 0.3 is 6.18 Å². The number of alkyl halides is 3. The lowest BCUT2D eigenvalue weighted by Crippen LogP contribution is -2.13. The van der Waals surface area contributed by atoms with Gasteiger partial charge in [0.05, 0.1) is 10.9 Å². The summed E-state index contributed by atoms with van der Waals surface area (Å²) in [5, 5.41) is 6.88. The Morgan fingerprint density at radius 2 is 1.85 bits per heavy atom. The van der Waals surface area contributed by atoms with Crippen LogP contribution in [0.2, 0.25) is 0 Å². The van der Waals surface area contributed by atoms with Crippen molar-refractivity contribution in [3.8, 4) is 0 Å². The quantitative estimate of drug-likeness (QED) is 0.714. The van der Waals surface area contributed by atoms with Crippen LogP contribution in [0.15, 0.2) is 42.6 Å². The van der Waals surface area contributed by atoms with E-state index < -0.39 is 11.7 Å². The van der Waals surface area contributed by atoms with Gasteiger partial charge in [-0.05, 0) is 36.6 Å². The first-order valence-corrected chi connectivity index (χ1v) is 8.29. The van der Waals surface area contributed by atoms with Gasteiger partial charge in [0.15, 0.2) is 5.65 Å². The largest absolute Gasteiger partial charge is 0.416 e. The number of rotatable bonds is 5. The number of benzene rings is 1. The van der Waals surface area contributed by atoms with Crippen molar-refractivity contribution in [3.05, 3.63) is 53.7 Å². The highest BCUT2D eigenvalue weighted by Crippen LogP contribution is 2.32. The molecule has 134 valence electrons. The van der Waals surface area contributed by atoms with Crippen LogP contribution in [0.3, 0.4) is 0 Å². The third-order valence-electron chi connectivity index (χ3n) is 4.15. The zero-order valence-corrected chi connectivity index (χ0v) is 13.7. The fraction of sp³-hybridized carbons (Fsp3) is 0.278. The first-order chi connectivity index (χ1) is 12.5. The van der Waals surface area contributed by atoms with Gasteiger partial charge in [-0.2, -0.15) is 23.1 Å². The molecule has 1 fully saturated rings. The van der Waals surface area contributed by atoms with Gasteiger partial charge in [0, 0.05) is 18.8 Å². The summed E-state index contributed by atoms with van der Waals surface area (Å²) in [4.78, 5) is 13.0. The van der Waals surface area contributed by atoms with Crippen LogP contribution in [0.25, 0.3) is 11.0 Å². The molecule has 0 spiro atoms. The van der Waals surface area contributed by atoms with Crippen LogP contribution in [0, 0.1) is 0 Å². The van der Waals surface area contributed by atoms with E-state index in [1.807, 2.05) is 0 Å². The normalized spacial score (nSPS) is 14.4. The van der Waals surface area contributed by atoms with Crippen molar-refractivity contribution in [1.29, 1.82) is 0 Å². The van der Waals surface area contributed by atoms with E-state index in [0.717, 1.165) is 18.9 Å². The smallest absolute Gasteiger partial charge is 0.365 e. The summed E-state index contributed by atoms with van der Waals surface area (Å²) in [6.45, 7) is -0.000437. The number of anilines is 2. The molecule has 0 aliphatic heterocycles. The Morgan fingerprint density at radius 1 is 1.04 bits per heavy atom. The van der Waals surface area contributed by atoms with Gasteiger partial charge in [-0.15, -0.1) is 0 Å². The lowest BCUT2D eigenvalue weighted by atomic mass is 10.1. The van der Waals surface area contributed by atoms with Crippen LogP contribution >= 0.6 is 0 Å². The van der Waals surface area contributed by atoms with Gasteiger partial charge in [0.1, 0.15) is 5.82 Å². The topological polar surface area (TPSA) is 62.7 Å². The molecule has 1 aromatic carbocycles. The van der Waals surface area contributed by atoms with Crippen molar-refractivity contribution >= 4 is 22.8 Å². The predicted octanol–water partition coefficient (Wildman–Crippen LogP) is 4.23. The second kappa shape index (κ2) is 6.44. The Labute approximate surface area is 147 Å². The molecular weight excluding hydrogens is 343 g/mol. The molecule has 2 N–H and O–H groups in total. The van der Waals surface area contributed by atoms with E-state index in [4.69, 9.17) is 0 Å². The average molecular weight is 359 g/mol. The molecule has 8 heteroatoms. The van der Waals surface area contributed by atoms with E-state index in [1.165, 1.54) is 12.1 Å². The van der Waals surface area contributed by atoms with Gasteiger partial charge in [0.25, 0.3) is 0 Å². The highest BCUT2D eigenvalue weighted by Gasteiger charge is 2.32. The Bertz CT molecular complexity index is 938. The molecule has 5 nitrogen and oxygen atoms in total. The first kappa shape index (κ1) is 16.6. The van der Waals surface area contributed by atoms with Crippen LogP contribution in [0.5, 0.6) is 0 Å². The van der Waals surface area contributed by atoms with E-state index in [9.17, 15) is 13.2 Å². The highest BCUT2D eigenvalue weighted by atomic mass is 19.4. The summed E-state index contributed by atoms with van der Waals surface area (Å²) >= 11 is 0. The van der Waals surface area contributed by atoms with Crippen molar-refractivity contribution in [2.75, 3.05) is 10.6 Å². The van der Waals surface area contributed by atoms with Crippen molar-refractivity contribution in [2.45, 2.75) is 31.6 Å². The summed E-state index contributed by atoms with van der Waals surface area (Å²) in [6, 6.07) is 9.41. The minimum Gasteiger partial charge on any atom is -0.365 e. The van der Waals surface area contributed by atoms with E-state index in [0.29, 0.717) is 28.8 Å². The molecule has 2 aromatic heterocycles. The maximum Gasteiger partial charge on any atom is 0.416 e. The van der Waals surface area contributed by atoms with E-state index >= 15 is 0 Å². The van der Waals surface area contributed by atoms with Gasteiger partial charge in [-0.25, -0.2) is 4.98 Å². The molecule has 3 aromatic rings. The molecule has 0 atom stereocenters. The van der Waals surface area contributed by atoms with Gasteiger partial charge < -0.3 is 10.6 Å². The molecule has 0 saturated heterocycles. The zero-order valence-electron chi connectivity index (χ0n) is 13.7. The maximum absolute atomic E-state index is 13.2. The predicted molar refractivity (Wildman–Crippen MR) is 92.7 cm³/mol. The molecule has 0 bridgehead atoms. The summed E-state index contributed by atoms with van der Waals surface area (Å²) in [7, 11) is 0. The third kappa shape index (κ3) is 3.54. The van der Waals surface area contributed by atoms with Crippen LogP contribution < -0.4 is 10.6 Å². The molecule has 26 heavy (non-hydrogen) atoms. The van der Waals surface area contributed by atoms with Crippen molar-refractivity contribution < 1.29 is 13.2 Å². The molecule has 2 heterocycles. The highest BCUT2D eigenvalue weighted by molar-refractivity contribution is 5.87. The van der Waals surface area contributed by atoms with Crippen molar-refractivity contribution in [3.63, 3.8) is 0 Å². The summed E-state index contributed by atoms with van der Waals surface area (Å²) < 4.78 is 39.5. The number of halogens is 3. The molecule has 1 saturated carbocycles. The molecule has 0 amide bonds. The van der Waals surface area contributed by atoms with E-state index in [1.54, 1.807) is 24.4 Å². The number of hydrogen-bond acceptors (Lipinski definition) is 5. The van der Waals surface area contributed by atoms with Crippen LogP contribution in [0.4, 0.5) is 24.9 Å². The van der Waals surface area contributed by atoms with Crippen molar-refractivity contribution in [1.82, 2.24) is 15.0 Å². The number of aromatic nitrogens is 3. The zero-order chi connectivity index (χ0) is 18.1. The fourth-order valence-corrected chi connectivity index (χ4v) is 2.70. The Balaban J connectivity index is 1.65. The van der Waals surface area contributed by atoms with E-state index in [2.05, 4.69) is 25.6 Å². The Hall–Kier alpha value is -2.90. The first-order valence-electron chi connectivity index (χ1n) is 8.29. The monoisotopic (exact) mass is 359 g/mol. The average Bonchev–Trinajstić information content (AvgIpc) is 3.43. The SMILES string of the molecule is FC(F)(F)c1ccccc1CNc1nc(NC2CC2)nc2ncccc12. The maximum atomic E-state index is 13.2. The summed E-state index contributed by atoms with van der Waals surface area (Å²) in [5.74, 6) is 0.897. The van der Waals surface area contributed by atoms with Crippen LogP contribution in [-0.4, -0.2) is 21.0 Å². The second-order valence-corrected chi connectivity index (χ2v) is 6.20. The Morgan fingerprint density at radius 3 is 2.62 bits per heavy atom. The number of fused-ring (bicyclic) bond motifs is 1. The van der Waals surface area contributed by atoms with Gasteiger partial charge in [-0.3, -0.25) is 0 Å². The van der Waals surface area contributed by atoms with Crippen molar-refractivity contribution in [2.24, 2.45) is 0 Å². The molecular formula is C18H16F3N5. The Kier molecular flexibility index (Phi) is 4.10. The standard InChI is InChI=1S/C18H16F3N5/c19-18(20,21)14-6-2-1-4-11(14)10-23-16-13-5-3-9-22-15(13)25-17(26-16)24-12-7-8-12/h1-6,9,12H,7-8,10H2,(H2,22,23,24,25,26). The van der Waals surface area contributed by atoms with Crippen LogP contribution in [0.1, 0.15) is 24.0 Å². The number of nitrogens with zero attached hydrogens (tertiary/aromatic N) is 3. The van der Waals surface area contributed by atoms with Gasteiger partial charge in [-0.1, -0.05) is 18.2 Å². The number of hydrogen-bond donors (Lipinski definition) is 2. The summed E-state index contributed by atoms with van der Waals surface area (Å²) in [5.41, 5.74) is 0.00456. The molecule has 1 aliphatic rings. The van der Waals surface area contributed by atoms with Gasteiger partial charge in [0.2, 0.25) is 5.95 Å². The molecule has 0 radical (unpaired) electrons. The fourth-order valence-electron chi connectivity index (χ4n) is 2.70. The molecule has 4 rings (SSSR count).